The molecule has 0 N–H and O–H groups in total. The molecule has 1 heterocycles. The fourth-order valence-electron chi connectivity index (χ4n) is 1.40. The van der Waals surface area contributed by atoms with E-state index in [1.54, 1.807) is 11.0 Å². The summed E-state index contributed by atoms with van der Waals surface area (Å²) in [5.41, 5.74) is 3.35. The average molecular weight is 199 g/mol. The molecule has 0 amide bonds. The van der Waals surface area contributed by atoms with Crippen LogP contribution in [0.3, 0.4) is 0 Å². The average Bonchev–Trinajstić information content (AvgIpc) is 2.82. The monoisotopic (exact) mass is 199 g/mol. The van der Waals surface area contributed by atoms with Gasteiger partial charge >= 0.3 is 0 Å². The van der Waals surface area contributed by atoms with Crippen molar-refractivity contribution < 1.29 is 0 Å². The number of aromatic nitrogens is 3. The third-order valence-electron chi connectivity index (χ3n) is 2.39. The first kappa shape index (κ1) is 9.65. The second kappa shape index (κ2) is 4.09. The van der Waals surface area contributed by atoms with Crippen molar-refractivity contribution in [2.24, 2.45) is 0 Å². The Labute approximate surface area is 89.1 Å². The summed E-state index contributed by atoms with van der Waals surface area (Å²) in [6.45, 7) is 6.11. The van der Waals surface area contributed by atoms with Gasteiger partial charge in [0.25, 0.3) is 0 Å². The van der Waals surface area contributed by atoms with E-state index in [2.05, 4.69) is 35.7 Å². The van der Waals surface area contributed by atoms with E-state index in [4.69, 9.17) is 0 Å². The molecule has 0 saturated heterocycles. The molecule has 0 fully saturated rings. The Kier molecular flexibility index (Phi) is 2.63. The first-order valence-corrected chi connectivity index (χ1v) is 4.94. The fourth-order valence-corrected chi connectivity index (χ4v) is 1.40. The molecule has 76 valence electrons. The van der Waals surface area contributed by atoms with Crippen LogP contribution in [0.1, 0.15) is 18.9 Å². The van der Waals surface area contributed by atoms with Gasteiger partial charge in [0.1, 0.15) is 12.7 Å². The topological polar surface area (TPSA) is 30.7 Å². The van der Waals surface area contributed by atoms with Crippen molar-refractivity contribution in [1.82, 2.24) is 14.8 Å². The zero-order valence-corrected chi connectivity index (χ0v) is 8.72. The van der Waals surface area contributed by atoms with Crippen molar-refractivity contribution in [3.8, 4) is 5.69 Å². The molecule has 0 saturated carbocycles. The van der Waals surface area contributed by atoms with Crippen molar-refractivity contribution >= 4 is 5.57 Å². The van der Waals surface area contributed by atoms with E-state index < -0.39 is 0 Å². The molecule has 15 heavy (non-hydrogen) atoms. The number of hydrogen-bond acceptors (Lipinski definition) is 2. The first-order chi connectivity index (χ1) is 7.31. The van der Waals surface area contributed by atoms with Gasteiger partial charge in [0.2, 0.25) is 0 Å². The first-order valence-electron chi connectivity index (χ1n) is 4.94. The molecule has 0 bridgehead atoms. The highest BCUT2D eigenvalue weighted by Crippen LogP contribution is 2.17. The number of allylic oxidation sites excluding steroid dienone is 1. The highest BCUT2D eigenvalue weighted by molar-refractivity contribution is 5.63. The molecule has 0 aliphatic carbocycles. The van der Waals surface area contributed by atoms with E-state index in [1.807, 2.05) is 12.1 Å². The maximum Gasteiger partial charge on any atom is 0.138 e. The number of rotatable bonds is 3. The van der Waals surface area contributed by atoms with Crippen molar-refractivity contribution in [2.75, 3.05) is 0 Å². The number of hydrogen-bond donors (Lipinski definition) is 0. The van der Waals surface area contributed by atoms with E-state index >= 15 is 0 Å². The van der Waals surface area contributed by atoms with Crippen LogP contribution in [0.15, 0.2) is 43.5 Å². The van der Waals surface area contributed by atoms with Gasteiger partial charge in [-0.3, -0.25) is 0 Å². The minimum atomic E-state index is 0.975. The van der Waals surface area contributed by atoms with Crippen LogP contribution in [0.2, 0.25) is 0 Å². The Morgan fingerprint density at radius 1 is 1.33 bits per heavy atom. The molecule has 0 atom stereocenters. The van der Waals surface area contributed by atoms with Crippen LogP contribution >= 0.6 is 0 Å². The Hall–Kier alpha value is -1.90. The maximum absolute atomic E-state index is 4.06. The lowest BCUT2D eigenvalue weighted by atomic mass is 10.1. The van der Waals surface area contributed by atoms with E-state index in [-0.39, 0.29) is 0 Å². The zero-order chi connectivity index (χ0) is 10.7. The Balaban J connectivity index is 2.29. The van der Waals surface area contributed by atoms with Crippen molar-refractivity contribution in [1.29, 1.82) is 0 Å². The number of benzene rings is 1. The molecule has 0 aliphatic heterocycles. The quantitative estimate of drug-likeness (QED) is 0.760. The summed E-state index contributed by atoms with van der Waals surface area (Å²) < 4.78 is 1.73. The van der Waals surface area contributed by atoms with Crippen LogP contribution in [-0.4, -0.2) is 14.8 Å². The molecule has 1 aromatic heterocycles. The van der Waals surface area contributed by atoms with Gasteiger partial charge in [-0.2, -0.15) is 5.10 Å². The summed E-state index contributed by atoms with van der Waals surface area (Å²) in [6.07, 6.45) is 4.19. The Bertz CT molecular complexity index is 440. The van der Waals surface area contributed by atoms with Gasteiger partial charge in [0.05, 0.1) is 5.69 Å². The standard InChI is InChI=1S/C12H13N3/c1-3-10(2)11-4-6-12(7-5-11)15-9-13-8-14-15/h4-9H,2-3H2,1H3. The summed E-state index contributed by atoms with van der Waals surface area (Å²) in [7, 11) is 0. The highest BCUT2D eigenvalue weighted by atomic mass is 15.3. The SMILES string of the molecule is C=C(CC)c1ccc(-n2cncn2)cc1. The largest absolute Gasteiger partial charge is 0.223 e. The van der Waals surface area contributed by atoms with Crippen LogP contribution < -0.4 is 0 Å². The summed E-state index contributed by atoms with van der Waals surface area (Å²) in [5, 5.41) is 4.06. The summed E-state index contributed by atoms with van der Waals surface area (Å²) in [5.74, 6) is 0. The smallest absolute Gasteiger partial charge is 0.138 e. The van der Waals surface area contributed by atoms with Gasteiger partial charge in [-0.15, -0.1) is 0 Å². The molecule has 0 unspecified atom stereocenters. The predicted molar refractivity (Wildman–Crippen MR) is 60.7 cm³/mol. The van der Waals surface area contributed by atoms with Crippen LogP contribution in [-0.2, 0) is 0 Å². The number of nitrogens with zero attached hydrogens (tertiary/aromatic N) is 3. The lowest BCUT2D eigenvalue weighted by Crippen LogP contribution is -1.94. The second-order valence-electron chi connectivity index (χ2n) is 3.34. The van der Waals surface area contributed by atoms with E-state index in [9.17, 15) is 0 Å². The van der Waals surface area contributed by atoms with Gasteiger partial charge in [0, 0.05) is 0 Å². The minimum absolute atomic E-state index is 0.975. The van der Waals surface area contributed by atoms with E-state index in [0.29, 0.717) is 0 Å². The minimum Gasteiger partial charge on any atom is -0.223 e. The third-order valence-corrected chi connectivity index (χ3v) is 2.39. The molecule has 2 aromatic rings. The molecule has 3 nitrogen and oxygen atoms in total. The molecule has 1 aromatic carbocycles. The van der Waals surface area contributed by atoms with Gasteiger partial charge in [-0.05, 0) is 29.7 Å². The van der Waals surface area contributed by atoms with Gasteiger partial charge in [0.15, 0.2) is 0 Å². The fraction of sp³-hybridized carbons (Fsp3) is 0.167. The van der Waals surface area contributed by atoms with Crippen LogP contribution in [0.25, 0.3) is 11.3 Å². The second-order valence-corrected chi connectivity index (χ2v) is 3.34. The van der Waals surface area contributed by atoms with Crippen LogP contribution in [0, 0.1) is 0 Å². The highest BCUT2D eigenvalue weighted by Gasteiger charge is 1.98. The van der Waals surface area contributed by atoms with Gasteiger partial charge < -0.3 is 0 Å². The Morgan fingerprint density at radius 3 is 2.60 bits per heavy atom. The molecule has 0 spiro atoms. The predicted octanol–water partition coefficient (Wildman–Crippen LogP) is 2.69. The summed E-state index contributed by atoms with van der Waals surface area (Å²) in [4.78, 5) is 3.91. The molecule has 3 heteroatoms. The zero-order valence-electron chi connectivity index (χ0n) is 8.72. The van der Waals surface area contributed by atoms with E-state index in [1.165, 1.54) is 11.9 Å². The lowest BCUT2D eigenvalue weighted by Gasteiger charge is -2.04. The lowest BCUT2D eigenvalue weighted by molar-refractivity contribution is 0.879. The normalized spacial score (nSPS) is 10.2. The molecule has 0 radical (unpaired) electrons. The van der Waals surface area contributed by atoms with Crippen molar-refractivity contribution in [2.45, 2.75) is 13.3 Å². The molecule has 0 aliphatic rings. The van der Waals surface area contributed by atoms with Gasteiger partial charge in [-0.25, -0.2) is 9.67 Å². The third kappa shape index (κ3) is 1.96. The van der Waals surface area contributed by atoms with E-state index in [0.717, 1.165) is 17.7 Å². The summed E-state index contributed by atoms with van der Waals surface area (Å²) in [6, 6.07) is 8.15. The molecular formula is C12H13N3. The van der Waals surface area contributed by atoms with Gasteiger partial charge in [-0.1, -0.05) is 25.6 Å². The van der Waals surface area contributed by atoms with Crippen molar-refractivity contribution in [3.63, 3.8) is 0 Å². The van der Waals surface area contributed by atoms with Crippen LogP contribution in [0.5, 0.6) is 0 Å². The van der Waals surface area contributed by atoms with Crippen molar-refractivity contribution in [3.05, 3.63) is 49.1 Å². The summed E-state index contributed by atoms with van der Waals surface area (Å²) >= 11 is 0. The van der Waals surface area contributed by atoms with Crippen LogP contribution in [0.4, 0.5) is 0 Å². The molecule has 2 rings (SSSR count). The maximum atomic E-state index is 4.06. The molecular weight excluding hydrogens is 186 g/mol. The Morgan fingerprint density at radius 2 is 2.07 bits per heavy atom.